The van der Waals surface area contributed by atoms with Crippen molar-refractivity contribution in [3.8, 4) is 11.4 Å². The van der Waals surface area contributed by atoms with Crippen molar-refractivity contribution in [2.45, 2.75) is 19.4 Å². The van der Waals surface area contributed by atoms with Crippen LogP contribution in [0.15, 0.2) is 53.1 Å². The van der Waals surface area contributed by atoms with Gasteiger partial charge in [-0.2, -0.15) is 4.98 Å². The molecule has 30 heavy (non-hydrogen) atoms. The van der Waals surface area contributed by atoms with Gasteiger partial charge in [-0.05, 0) is 55.3 Å². The third kappa shape index (κ3) is 4.47. The zero-order chi connectivity index (χ0) is 21.1. The Kier molecular flexibility index (Phi) is 5.74. The fraction of sp³-hybridized carbons (Fsp3) is 0.250. The quantitative estimate of drug-likeness (QED) is 0.644. The maximum absolute atomic E-state index is 12.5. The van der Waals surface area contributed by atoms with Crippen LogP contribution in [0, 0.1) is 0 Å². The summed E-state index contributed by atoms with van der Waals surface area (Å²) in [5.41, 5.74) is 1.59. The highest BCUT2D eigenvalue weighted by Gasteiger charge is 2.26. The van der Waals surface area contributed by atoms with Crippen molar-refractivity contribution in [2.75, 3.05) is 16.6 Å². The molecule has 1 saturated heterocycles. The second-order valence-electron chi connectivity index (χ2n) is 6.85. The molecule has 1 fully saturated rings. The number of sulfonamides is 1. The van der Waals surface area contributed by atoms with Gasteiger partial charge in [0.15, 0.2) is 0 Å². The number of carbonyl (C=O) groups is 1. The van der Waals surface area contributed by atoms with Gasteiger partial charge in [-0.1, -0.05) is 22.8 Å². The van der Waals surface area contributed by atoms with Gasteiger partial charge in [0.25, 0.3) is 5.91 Å². The molecule has 1 N–H and O–H groups in total. The Morgan fingerprint density at radius 1 is 1.17 bits per heavy atom. The molecule has 0 radical (unpaired) electrons. The van der Waals surface area contributed by atoms with E-state index in [0.29, 0.717) is 35.1 Å². The lowest BCUT2D eigenvalue weighted by Gasteiger charge is -2.28. The first-order valence-electron chi connectivity index (χ1n) is 9.39. The Labute approximate surface area is 178 Å². The molecule has 0 saturated carbocycles. The molecular weight excluding hydrogens is 428 g/mol. The van der Waals surface area contributed by atoms with Crippen molar-refractivity contribution in [2.24, 2.45) is 0 Å². The van der Waals surface area contributed by atoms with E-state index in [2.05, 4.69) is 15.5 Å². The summed E-state index contributed by atoms with van der Waals surface area (Å²) >= 11 is 5.88. The second-order valence-corrected chi connectivity index (χ2v) is 9.30. The largest absolute Gasteiger partial charge is 0.343 e. The van der Waals surface area contributed by atoms with Gasteiger partial charge in [-0.3, -0.25) is 9.10 Å². The van der Waals surface area contributed by atoms with Gasteiger partial charge in [-0.15, -0.1) is 0 Å². The molecule has 3 aromatic rings. The van der Waals surface area contributed by atoms with Crippen LogP contribution in [-0.4, -0.2) is 36.8 Å². The number of hydrogen-bond donors (Lipinski definition) is 1. The van der Waals surface area contributed by atoms with E-state index in [-0.39, 0.29) is 24.1 Å². The summed E-state index contributed by atoms with van der Waals surface area (Å²) in [6, 6.07) is 13.6. The summed E-state index contributed by atoms with van der Waals surface area (Å²) in [6.45, 7) is 0.467. The van der Waals surface area contributed by atoms with Gasteiger partial charge in [0.1, 0.15) is 0 Å². The van der Waals surface area contributed by atoms with Crippen LogP contribution in [0.3, 0.4) is 0 Å². The van der Waals surface area contributed by atoms with Gasteiger partial charge in [-0.25, -0.2) is 8.42 Å². The van der Waals surface area contributed by atoms with Crippen LogP contribution < -0.4 is 9.62 Å². The number of anilines is 1. The molecule has 0 atom stereocenters. The first-order valence-corrected chi connectivity index (χ1v) is 11.4. The van der Waals surface area contributed by atoms with E-state index in [1.165, 1.54) is 4.31 Å². The van der Waals surface area contributed by atoms with E-state index in [9.17, 15) is 13.2 Å². The summed E-state index contributed by atoms with van der Waals surface area (Å²) < 4.78 is 31.2. The zero-order valence-electron chi connectivity index (χ0n) is 15.9. The minimum Gasteiger partial charge on any atom is -0.343 e. The Balaban J connectivity index is 1.43. The van der Waals surface area contributed by atoms with Crippen molar-refractivity contribution >= 4 is 33.2 Å². The molecule has 0 spiro atoms. The molecule has 156 valence electrons. The lowest BCUT2D eigenvalue weighted by molar-refractivity contribution is 0.0946. The second kappa shape index (κ2) is 8.45. The first-order chi connectivity index (χ1) is 14.4. The van der Waals surface area contributed by atoms with Crippen LogP contribution in [-0.2, 0) is 16.6 Å². The minimum absolute atomic E-state index is 0.0473. The normalized spacial score (nSPS) is 15.7. The number of halogens is 1. The molecule has 0 unspecified atom stereocenters. The lowest BCUT2D eigenvalue weighted by atomic mass is 10.2. The Morgan fingerprint density at radius 2 is 1.97 bits per heavy atom. The van der Waals surface area contributed by atoms with Crippen molar-refractivity contribution in [3.63, 3.8) is 0 Å². The number of aromatic nitrogens is 2. The summed E-state index contributed by atoms with van der Waals surface area (Å²) in [7, 11) is -3.34. The van der Waals surface area contributed by atoms with Gasteiger partial charge in [0.2, 0.25) is 21.7 Å². The van der Waals surface area contributed by atoms with E-state index in [0.717, 1.165) is 12.0 Å². The molecule has 1 aromatic heterocycles. The molecule has 2 heterocycles. The van der Waals surface area contributed by atoms with E-state index in [4.69, 9.17) is 16.1 Å². The highest BCUT2D eigenvalue weighted by Crippen LogP contribution is 2.24. The number of carbonyl (C=O) groups excluding carboxylic acids is 1. The van der Waals surface area contributed by atoms with Crippen molar-refractivity contribution in [3.05, 3.63) is 65.0 Å². The topological polar surface area (TPSA) is 105 Å². The molecule has 1 aliphatic rings. The number of rotatable bonds is 5. The van der Waals surface area contributed by atoms with E-state index in [1.54, 1.807) is 48.5 Å². The fourth-order valence-corrected chi connectivity index (χ4v) is 4.94. The predicted molar refractivity (Wildman–Crippen MR) is 113 cm³/mol. The third-order valence-electron chi connectivity index (χ3n) is 4.72. The number of amides is 1. The number of benzene rings is 2. The van der Waals surface area contributed by atoms with Crippen LogP contribution >= 0.6 is 11.6 Å². The average Bonchev–Trinajstić information content (AvgIpc) is 3.21. The summed E-state index contributed by atoms with van der Waals surface area (Å²) in [5, 5.41) is 7.23. The summed E-state index contributed by atoms with van der Waals surface area (Å²) in [4.78, 5) is 16.8. The molecule has 0 aliphatic carbocycles. The van der Waals surface area contributed by atoms with Crippen molar-refractivity contribution in [1.82, 2.24) is 15.5 Å². The standard InChI is InChI=1S/C20H19ClN4O4S/c21-16-8-6-14(7-9-16)19-23-18(29-24-19)13-22-20(26)15-4-3-5-17(12-15)25-10-1-2-11-30(25,27)28/h3-9,12H,1-2,10-11,13H2,(H,22,26). The smallest absolute Gasteiger partial charge is 0.251 e. The third-order valence-corrected chi connectivity index (χ3v) is 6.84. The Morgan fingerprint density at radius 3 is 2.73 bits per heavy atom. The van der Waals surface area contributed by atoms with E-state index < -0.39 is 10.0 Å². The average molecular weight is 447 g/mol. The molecule has 10 heteroatoms. The lowest BCUT2D eigenvalue weighted by Crippen LogP contribution is -2.38. The number of nitrogens with one attached hydrogen (secondary N) is 1. The van der Waals surface area contributed by atoms with Gasteiger partial charge in [0.05, 0.1) is 18.0 Å². The molecule has 0 bridgehead atoms. The predicted octanol–water partition coefficient (Wildman–Crippen LogP) is 3.25. The Hall–Kier alpha value is -2.91. The van der Waals surface area contributed by atoms with Crippen LogP contribution in [0.1, 0.15) is 29.1 Å². The molecule has 2 aromatic carbocycles. The summed E-state index contributed by atoms with van der Waals surface area (Å²) in [6.07, 6.45) is 1.45. The van der Waals surface area contributed by atoms with Gasteiger partial charge in [0, 0.05) is 22.7 Å². The molecule has 1 aliphatic heterocycles. The number of hydrogen-bond acceptors (Lipinski definition) is 6. The number of nitrogens with zero attached hydrogens (tertiary/aromatic N) is 3. The van der Waals surface area contributed by atoms with Gasteiger partial charge >= 0.3 is 0 Å². The minimum atomic E-state index is -3.34. The zero-order valence-corrected chi connectivity index (χ0v) is 17.5. The SMILES string of the molecule is O=C(NCc1nc(-c2ccc(Cl)cc2)no1)c1cccc(N2CCCCS2(=O)=O)c1. The Bertz CT molecular complexity index is 1160. The maximum Gasteiger partial charge on any atom is 0.251 e. The molecular formula is C20H19ClN4O4S. The molecule has 8 nitrogen and oxygen atoms in total. The van der Waals surface area contributed by atoms with E-state index >= 15 is 0 Å². The van der Waals surface area contributed by atoms with Crippen LogP contribution in [0.2, 0.25) is 5.02 Å². The van der Waals surface area contributed by atoms with Crippen LogP contribution in [0.5, 0.6) is 0 Å². The molecule has 1 amide bonds. The maximum atomic E-state index is 12.5. The monoisotopic (exact) mass is 446 g/mol. The van der Waals surface area contributed by atoms with Crippen LogP contribution in [0.25, 0.3) is 11.4 Å². The van der Waals surface area contributed by atoms with Gasteiger partial charge < -0.3 is 9.84 Å². The summed E-state index contributed by atoms with van der Waals surface area (Å²) in [5.74, 6) is 0.407. The fourth-order valence-electron chi connectivity index (χ4n) is 3.18. The van der Waals surface area contributed by atoms with E-state index in [1.807, 2.05) is 0 Å². The highest BCUT2D eigenvalue weighted by atomic mass is 35.5. The van der Waals surface area contributed by atoms with Crippen molar-refractivity contribution in [1.29, 1.82) is 0 Å². The highest BCUT2D eigenvalue weighted by molar-refractivity contribution is 7.92. The molecule has 4 rings (SSSR count). The van der Waals surface area contributed by atoms with Crippen molar-refractivity contribution < 1.29 is 17.7 Å². The van der Waals surface area contributed by atoms with Crippen LogP contribution in [0.4, 0.5) is 5.69 Å². The first kappa shape index (κ1) is 20.4.